The van der Waals surface area contributed by atoms with E-state index in [1.165, 1.54) is 12.8 Å². The van der Waals surface area contributed by atoms with Crippen LogP contribution in [0.5, 0.6) is 5.75 Å². The summed E-state index contributed by atoms with van der Waals surface area (Å²) < 4.78 is 5.66. The van der Waals surface area contributed by atoms with Gasteiger partial charge in [-0.2, -0.15) is 0 Å². The Morgan fingerprint density at radius 3 is 2.19 bits per heavy atom. The van der Waals surface area contributed by atoms with Gasteiger partial charge in [0.05, 0.1) is 6.61 Å². The van der Waals surface area contributed by atoms with Gasteiger partial charge in [0.15, 0.2) is 0 Å². The first-order valence-corrected chi connectivity index (χ1v) is 8.11. The van der Waals surface area contributed by atoms with Gasteiger partial charge in [0.1, 0.15) is 5.75 Å². The molecule has 0 aromatic heterocycles. The van der Waals surface area contributed by atoms with Crippen molar-refractivity contribution in [3.63, 3.8) is 0 Å². The van der Waals surface area contributed by atoms with Crippen molar-refractivity contribution in [1.82, 2.24) is 5.32 Å². The highest BCUT2D eigenvalue weighted by molar-refractivity contribution is 5.55. The summed E-state index contributed by atoms with van der Waals surface area (Å²) in [6, 6.07) is 9.24. The highest BCUT2D eigenvalue weighted by Gasteiger charge is 1.97. The Labute approximate surface area is 131 Å². The summed E-state index contributed by atoms with van der Waals surface area (Å²) in [5.41, 5.74) is 1.07. The van der Waals surface area contributed by atoms with E-state index in [9.17, 15) is 0 Å². The molecule has 0 radical (unpaired) electrons. The van der Waals surface area contributed by atoms with Gasteiger partial charge >= 0.3 is 0 Å². The van der Waals surface area contributed by atoms with Gasteiger partial charge < -0.3 is 10.1 Å². The lowest BCUT2D eigenvalue weighted by Gasteiger charge is -2.10. The molecule has 1 N–H and O–H groups in total. The van der Waals surface area contributed by atoms with E-state index in [4.69, 9.17) is 4.74 Å². The molecule has 1 aromatic rings. The molecule has 1 aromatic carbocycles. The number of hydrogen-bond acceptors (Lipinski definition) is 2. The Hall–Kier alpha value is -1.28. The maximum atomic E-state index is 5.66. The molecule has 0 aliphatic carbocycles. The number of benzene rings is 1. The lowest BCUT2D eigenvalue weighted by Crippen LogP contribution is -2.29. The van der Waals surface area contributed by atoms with Crippen molar-refractivity contribution in [3.8, 4) is 5.75 Å². The molecular weight excluding hydrogens is 258 g/mol. The van der Waals surface area contributed by atoms with Crippen molar-refractivity contribution in [2.24, 2.45) is 0 Å². The van der Waals surface area contributed by atoms with Crippen LogP contribution in [0, 0.1) is 0 Å². The largest absolute Gasteiger partial charge is 0.493 e. The number of ether oxygens (including phenoxy) is 1. The molecule has 0 saturated carbocycles. The summed E-state index contributed by atoms with van der Waals surface area (Å²) in [6.45, 7) is 15.4. The van der Waals surface area contributed by atoms with Crippen molar-refractivity contribution in [2.75, 3.05) is 6.61 Å². The predicted octanol–water partition coefficient (Wildman–Crippen LogP) is 5.29. The van der Waals surface area contributed by atoms with Crippen molar-refractivity contribution in [2.45, 2.75) is 66.0 Å². The van der Waals surface area contributed by atoms with Crippen LogP contribution in [-0.2, 0) is 0 Å². The minimum atomic E-state index is 0.625. The number of nitrogens with one attached hydrogen (secondary N) is 1. The minimum absolute atomic E-state index is 0.625. The van der Waals surface area contributed by atoms with E-state index in [0.717, 1.165) is 24.3 Å². The van der Waals surface area contributed by atoms with E-state index >= 15 is 0 Å². The zero-order chi connectivity index (χ0) is 16.1. The molecule has 0 heterocycles. The monoisotopic (exact) mass is 291 g/mol. The van der Waals surface area contributed by atoms with Crippen LogP contribution in [0.2, 0.25) is 0 Å². The van der Waals surface area contributed by atoms with E-state index in [1.807, 2.05) is 30.3 Å². The molecule has 0 fully saturated rings. The van der Waals surface area contributed by atoms with E-state index in [1.54, 1.807) is 0 Å². The second-order valence-electron chi connectivity index (χ2n) is 5.77. The predicted molar refractivity (Wildman–Crippen MR) is 95.0 cm³/mol. The second kappa shape index (κ2) is 12.5. The van der Waals surface area contributed by atoms with E-state index in [-0.39, 0.29) is 0 Å². The Kier molecular flexibility index (Phi) is 11.7. The van der Waals surface area contributed by atoms with Crippen LogP contribution in [0.25, 0.3) is 6.08 Å². The van der Waals surface area contributed by atoms with Crippen molar-refractivity contribution in [1.29, 1.82) is 0 Å². The Bertz CT molecular complexity index is 366. The maximum absolute atomic E-state index is 5.66. The van der Waals surface area contributed by atoms with Crippen LogP contribution >= 0.6 is 0 Å². The molecule has 0 atom stereocenters. The summed E-state index contributed by atoms with van der Waals surface area (Å²) in [7, 11) is 0. The Morgan fingerprint density at radius 2 is 1.71 bits per heavy atom. The average Bonchev–Trinajstić information content (AvgIpc) is 2.43. The number of hydrogen-bond donors (Lipinski definition) is 1. The van der Waals surface area contributed by atoms with Crippen LogP contribution in [-0.4, -0.2) is 18.7 Å². The lowest BCUT2D eigenvalue weighted by molar-refractivity contribution is 0.305. The van der Waals surface area contributed by atoms with Gasteiger partial charge in [-0.15, -0.1) is 0 Å². The number of para-hydroxylation sites is 1. The SMILES string of the molecule is C=Cc1ccccc1OCCCCC.CC(C)NC(C)C. The van der Waals surface area contributed by atoms with Gasteiger partial charge in [0.25, 0.3) is 0 Å². The molecule has 0 saturated heterocycles. The Balaban J connectivity index is 0.000000486. The highest BCUT2D eigenvalue weighted by atomic mass is 16.5. The smallest absolute Gasteiger partial charge is 0.126 e. The molecule has 0 unspecified atom stereocenters. The standard InChI is InChI=1S/C13H18O.C6H15N/c1-3-5-8-11-14-13-10-7-6-9-12(13)4-2;1-5(2)7-6(3)4/h4,6-7,9-10H,2-3,5,8,11H2,1H3;5-7H,1-4H3. The van der Waals surface area contributed by atoms with Gasteiger partial charge in [-0.25, -0.2) is 0 Å². The van der Waals surface area contributed by atoms with Crippen molar-refractivity contribution >= 4 is 6.08 Å². The quantitative estimate of drug-likeness (QED) is 0.657. The normalized spacial score (nSPS) is 10.2. The summed E-state index contributed by atoms with van der Waals surface area (Å²) in [4.78, 5) is 0. The van der Waals surface area contributed by atoms with Crippen molar-refractivity contribution < 1.29 is 4.74 Å². The fraction of sp³-hybridized carbons (Fsp3) is 0.579. The maximum Gasteiger partial charge on any atom is 0.126 e. The fourth-order valence-electron chi connectivity index (χ4n) is 1.98. The molecule has 0 spiro atoms. The molecule has 2 heteroatoms. The van der Waals surface area contributed by atoms with E-state index in [2.05, 4.69) is 46.5 Å². The van der Waals surface area contributed by atoms with Crippen LogP contribution in [0.1, 0.15) is 59.4 Å². The third-order valence-corrected chi connectivity index (χ3v) is 2.81. The van der Waals surface area contributed by atoms with Gasteiger partial charge in [-0.3, -0.25) is 0 Å². The minimum Gasteiger partial charge on any atom is -0.493 e. The third kappa shape index (κ3) is 11.1. The van der Waals surface area contributed by atoms with Gasteiger partial charge in [0.2, 0.25) is 0 Å². The molecule has 0 aliphatic rings. The summed E-state index contributed by atoms with van der Waals surface area (Å²) in [5.74, 6) is 0.943. The van der Waals surface area contributed by atoms with Crippen LogP contribution in [0.3, 0.4) is 0 Å². The molecule has 0 aliphatic heterocycles. The summed E-state index contributed by atoms with van der Waals surface area (Å²) in [6.07, 6.45) is 5.42. The van der Waals surface area contributed by atoms with Crippen LogP contribution in [0.15, 0.2) is 30.8 Å². The molecular formula is C19H33NO. The van der Waals surface area contributed by atoms with Gasteiger partial charge in [-0.05, 0) is 12.5 Å². The van der Waals surface area contributed by atoms with Crippen molar-refractivity contribution in [3.05, 3.63) is 36.4 Å². The molecule has 0 amide bonds. The number of unbranched alkanes of at least 4 members (excludes halogenated alkanes) is 2. The molecule has 1 rings (SSSR count). The molecule has 2 nitrogen and oxygen atoms in total. The Morgan fingerprint density at radius 1 is 1.10 bits per heavy atom. The van der Waals surface area contributed by atoms with Gasteiger partial charge in [0, 0.05) is 17.6 Å². The zero-order valence-electron chi connectivity index (χ0n) is 14.5. The first-order valence-electron chi connectivity index (χ1n) is 8.11. The molecule has 0 bridgehead atoms. The van der Waals surface area contributed by atoms with E-state index < -0.39 is 0 Å². The lowest BCUT2D eigenvalue weighted by atomic mass is 10.2. The highest BCUT2D eigenvalue weighted by Crippen LogP contribution is 2.18. The first-order chi connectivity index (χ1) is 10.0. The average molecular weight is 291 g/mol. The molecule has 21 heavy (non-hydrogen) atoms. The third-order valence-electron chi connectivity index (χ3n) is 2.81. The summed E-state index contributed by atoms with van der Waals surface area (Å²) >= 11 is 0. The van der Waals surface area contributed by atoms with Gasteiger partial charge in [-0.1, -0.05) is 78.3 Å². The van der Waals surface area contributed by atoms with Crippen LogP contribution in [0.4, 0.5) is 0 Å². The fourth-order valence-corrected chi connectivity index (χ4v) is 1.98. The summed E-state index contributed by atoms with van der Waals surface area (Å²) in [5, 5.41) is 3.31. The van der Waals surface area contributed by atoms with E-state index in [0.29, 0.717) is 12.1 Å². The second-order valence-corrected chi connectivity index (χ2v) is 5.77. The zero-order valence-corrected chi connectivity index (χ0v) is 14.5. The molecule has 120 valence electrons. The van der Waals surface area contributed by atoms with Crippen LogP contribution < -0.4 is 10.1 Å². The number of rotatable bonds is 8. The first kappa shape index (κ1) is 19.7. The topological polar surface area (TPSA) is 21.3 Å².